The van der Waals surface area contributed by atoms with E-state index in [2.05, 4.69) is 15.1 Å². The van der Waals surface area contributed by atoms with Gasteiger partial charge in [-0.1, -0.05) is 24.6 Å². The molecule has 2 aromatic heterocycles. The molecule has 0 bridgehead atoms. The molecule has 1 amide bonds. The predicted octanol–water partition coefficient (Wildman–Crippen LogP) is 1.79. The number of nitrogens with zero attached hydrogens (tertiary/aromatic N) is 5. The van der Waals surface area contributed by atoms with E-state index in [1.54, 1.807) is 4.52 Å². The van der Waals surface area contributed by atoms with Crippen molar-refractivity contribution < 1.29 is 13.2 Å². The molecular weight excluding hydrogens is 398 g/mol. The van der Waals surface area contributed by atoms with Crippen LogP contribution in [0.4, 0.5) is 0 Å². The van der Waals surface area contributed by atoms with Crippen molar-refractivity contribution in [1.29, 1.82) is 0 Å². The zero-order valence-corrected chi connectivity index (χ0v) is 17.8. The summed E-state index contributed by atoms with van der Waals surface area (Å²) in [5, 5.41) is 4.96. The number of hydrogen-bond acceptors (Lipinski definition) is 7. The lowest BCUT2D eigenvalue weighted by atomic mass is 10.1. The van der Waals surface area contributed by atoms with E-state index in [1.807, 2.05) is 24.8 Å². The number of carbonyl (C=O) groups excluding carboxylic acids is 1. The first kappa shape index (κ1) is 19.6. The van der Waals surface area contributed by atoms with Gasteiger partial charge in [-0.2, -0.15) is 4.98 Å². The molecule has 0 radical (unpaired) electrons. The van der Waals surface area contributed by atoms with Crippen LogP contribution in [0.1, 0.15) is 43.5 Å². The third kappa shape index (κ3) is 4.03. The summed E-state index contributed by atoms with van der Waals surface area (Å²) in [6.45, 7) is 3.85. The summed E-state index contributed by atoms with van der Waals surface area (Å²) in [6.07, 6.45) is 4.66. The smallest absolute Gasteiger partial charge is 0.253 e. The van der Waals surface area contributed by atoms with Crippen LogP contribution in [-0.4, -0.2) is 68.1 Å². The van der Waals surface area contributed by atoms with Gasteiger partial charge in [-0.25, -0.2) is 17.9 Å². The fraction of sp³-hybridized carbons (Fsp3) is 0.667. The first-order chi connectivity index (χ1) is 13.3. The highest BCUT2D eigenvalue weighted by Gasteiger charge is 2.38. The minimum atomic E-state index is -3.03. The van der Waals surface area contributed by atoms with Crippen molar-refractivity contribution in [3.8, 4) is 0 Å². The largest absolute Gasteiger partial charge is 0.335 e. The third-order valence-electron chi connectivity index (χ3n) is 5.53. The molecule has 3 heterocycles. The number of carbonyl (C=O) groups is 1. The number of thioether (sulfide) groups is 1. The van der Waals surface area contributed by atoms with Crippen molar-refractivity contribution in [2.45, 2.75) is 63.2 Å². The van der Waals surface area contributed by atoms with Crippen molar-refractivity contribution in [2.75, 3.05) is 17.3 Å². The number of sulfone groups is 1. The van der Waals surface area contributed by atoms with Gasteiger partial charge in [0, 0.05) is 23.5 Å². The van der Waals surface area contributed by atoms with Crippen LogP contribution in [0.15, 0.2) is 11.2 Å². The normalized spacial score (nSPS) is 22.1. The highest BCUT2D eigenvalue weighted by molar-refractivity contribution is 7.99. The van der Waals surface area contributed by atoms with Gasteiger partial charge in [0.15, 0.2) is 9.84 Å². The summed E-state index contributed by atoms with van der Waals surface area (Å²) in [5.41, 5.74) is 1.82. The fourth-order valence-corrected chi connectivity index (χ4v) is 6.69. The van der Waals surface area contributed by atoms with Gasteiger partial charge in [0.2, 0.25) is 11.1 Å². The summed E-state index contributed by atoms with van der Waals surface area (Å²) in [6, 6.07) is 1.90. The fourth-order valence-electron chi connectivity index (χ4n) is 4.29. The molecule has 4 rings (SSSR count). The lowest BCUT2D eigenvalue weighted by Crippen LogP contribution is -2.47. The number of aromatic nitrogens is 4. The van der Waals surface area contributed by atoms with Gasteiger partial charge < -0.3 is 4.90 Å². The molecule has 0 unspecified atom stereocenters. The van der Waals surface area contributed by atoms with E-state index in [9.17, 15) is 13.2 Å². The highest BCUT2D eigenvalue weighted by Crippen LogP contribution is 2.30. The Hall–Kier alpha value is -1.68. The molecule has 0 aromatic carbocycles. The lowest BCUT2D eigenvalue weighted by Gasteiger charge is -2.34. The van der Waals surface area contributed by atoms with Crippen LogP contribution in [0.2, 0.25) is 0 Å². The summed E-state index contributed by atoms with van der Waals surface area (Å²) in [4.78, 5) is 23.7. The van der Waals surface area contributed by atoms with E-state index < -0.39 is 9.84 Å². The monoisotopic (exact) mass is 423 g/mol. The minimum absolute atomic E-state index is 0.0151. The molecular formula is C18H25N5O3S2. The second-order valence-corrected chi connectivity index (χ2v) is 10.9. The van der Waals surface area contributed by atoms with Crippen molar-refractivity contribution >= 4 is 33.3 Å². The molecule has 28 heavy (non-hydrogen) atoms. The van der Waals surface area contributed by atoms with Crippen molar-refractivity contribution in [1.82, 2.24) is 24.5 Å². The van der Waals surface area contributed by atoms with Gasteiger partial charge in [0.05, 0.1) is 17.3 Å². The Bertz CT molecular complexity index is 998. The number of aryl methyl sites for hydroxylation is 2. The SMILES string of the molecule is Cc1cc(C)n2nc(SCC(=O)N(C3CCCC3)[C@@H]3CCS(=O)(=O)C3)nc2n1. The van der Waals surface area contributed by atoms with Crippen molar-refractivity contribution in [2.24, 2.45) is 0 Å². The Morgan fingerprint density at radius 3 is 2.64 bits per heavy atom. The topological polar surface area (TPSA) is 97.5 Å². The molecule has 10 heteroatoms. The molecule has 2 aromatic rings. The quantitative estimate of drug-likeness (QED) is 0.676. The molecule has 1 saturated heterocycles. The Balaban J connectivity index is 1.49. The van der Waals surface area contributed by atoms with E-state index in [0.717, 1.165) is 37.1 Å². The van der Waals surface area contributed by atoms with Gasteiger partial charge in [-0.3, -0.25) is 4.79 Å². The maximum atomic E-state index is 13.1. The molecule has 1 saturated carbocycles. The van der Waals surface area contributed by atoms with Gasteiger partial charge >= 0.3 is 0 Å². The Labute approximate surface area is 169 Å². The maximum Gasteiger partial charge on any atom is 0.253 e. The van der Waals surface area contributed by atoms with Gasteiger partial charge in [0.25, 0.3) is 5.78 Å². The first-order valence-corrected chi connectivity index (χ1v) is 12.5. The zero-order chi connectivity index (χ0) is 19.9. The van der Waals surface area contributed by atoms with Gasteiger partial charge in [0.1, 0.15) is 0 Å². The Morgan fingerprint density at radius 2 is 1.96 bits per heavy atom. The number of fused-ring (bicyclic) bond motifs is 1. The molecule has 2 aliphatic rings. The standard InChI is InChI=1S/C18H25N5O3S2/c1-12-9-13(2)23-17(19-12)20-18(21-23)27-10-16(24)22(14-5-3-4-6-14)15-7-8-28(25,26)11-15/h9,14-15H,3-8,10-11H2,1-2H3/t15-/m1/s1. The average Bonchev–Trinajstić information content (AvgIpc) is 3.34. The van der Waals surface area contributed by atoms with E-state index in [0.29, 0.717) is 17.4 Å². The third-order valence-corrected chi connectivity index (χ3v) is 8.10. The van der Waals surface area contributed by atoms with Crippen LogP contribution in [0.25, 0.3) is 5.78 Å². The van der Waals surface area contributed by atoms with E-state index in [1.165, 1.54) is 11.8 Å². The van der Waals surface area contributed by atoms with Crippen LogP contribution in [0.3, 0.4) is 0 Å². The Kier molecular flexibility index (Phi) is 5.34. The van der Waals surface area contributed by atoms with Crippen LogP contribution in [0, 0.1) is 13.8 Å². The van der Waals surface area contributed by atoms with Gasteiger partial charge in [-0.05, 0) is 39.2 Å². The number of hydrogen-bond donors (Lipinski definition) is 0. The van der Waals surface area contributed by atoms with E-state index in [-0.39, 0.29) is 35.2 Å². The maximum absolute atomic E-state index is 13.1. The minimum Gasteiger partial charge on any atom is -0.335 e. The van der Waals surface area contributed by atoms with Crippen LogP contribution in [0.5, 0.6) is 0 Å². The molecule has 1 atom stereocenters. The number of amides is 1. The van der Waals surface area contributed by atoms with Crippen LogP contribution in [-0.2, 0) is 14.6 Å². The highest BCUT2D eigenvalue weighted by atomic mass is 32.2. The summed E-state index contributed by atoms with van der Waals surface area (Å²) in [5.74, 6) is 0.997. The second-order valence-electron chi connectivity index (χ2n) is 7.73. The molecule has 2 fully saturated rings. The van der Waals surface area contributed by atoms with Crippen molar-refractivity contribution in [3.05, 3.63) is 17.5 Å². The predicted molar refractivity (Wildman–Crippen MR) is 107 cm³/mol. The lowest BCUT2D eigenvalue weighted by molar-refractivity contribution is -0.132. The Morgan fingerprint density at radius 1 is 1.21 bits per heavy atom. The molecule has 1 aliphatic carbocycles. The average molecular weight is 424 g/mol. The van der Waals surface area contributed by atoms with Gasteiger partial charge in [-0.15, -0.1) is 5.10 Å². The summed E-state index contributed by atoms with van der Waals surface area (Å²) in [7, 11) is -3.03. The molecule has 0 spiro atoms. The van der Waals surface area contributed by atoms with Crippen LogP contribution >= 0.6 is 11.8 Å². The van der Waals surface area contributed by atoms with E-state index in [4.69, 9.17) is 0 Å². The molecule has 1 aliphatic heterocycles. The summed E-state index contributed by atoms with van der Waals surface area (Å²) >= 11 is 1.29. The molecule has 152 valence electrons. The van der Waals surface area contributed by atoms with E-state index >= 15 is 0 Å². The zero-order valence-electron chi connectivity index (χ0n) is 16.2. The summed E-state index contributed by atoms with van der Waals surface area (Å²) < 4.78 is 25.6. The molecule has 0 N–H and O–H groups in total. The number of rotatable bonds is 5. The van der Waals surface area contributed by atoms with Crippen LogP contribution < -0.4 is 0 Å². The van der Waals surface area contributed by atoms with Crippen molar-refractivity contribution in [3.63, 3.8) is 0 Å². The molecule has 8 nitrogen and oxygen atoms in total. The first-order valence-electron chi connectivity index (χ1n) is 9.68. The second kappa shape index (κ2) is 7.62.